The highest BCUT2D eigenvalue weighted by atomic mass is 16.5. The fraction of sp³-hybridized carbons (Fsp3) is 0.368. The molecule has 0 saturated carbocycles. The summed E-state index contributed by atoms with van der Waals surface area (Å²) in [7, 11) is 1.98. The summed E-state index contributed by atoms with van der Waals surface area (Å²) in [6.07, 6.45) is 0. The molecule has 0 fully saturated rings. The lowest BCUT2D eigenvalue weighted by molar-refractivity contribution is 0.273. The molecule has 2 aromatic carbocycles. The minimum atomic E-state index is 0.199. The summed E-state index contributed by atoms with van der Waals surface area (Å²) in [4.78, 5) is 0. The van der Waals surface area contributed by atoms with Gasteiger partial charge in [0.2, 0.25) is 0 Å². The Balaban J connectivity index is 2.10. The number of hydrogen-bond donors (Lipinski definition) is 1. The first kappa shape index (κ1) is 15.6. The van der Waals surface area contributed by atoms with Crippen molar-refractivity contribution >= 4 is 0 Å². The third kappa shape index (κ3) is 4.08. The number of benzene rings is 2. The van der Waals surface area contributed by atoms with Gasteiger partial charge < -0.3 is 10.1 Å². The van der Waals surface area contributed by atoms with Gasteiger partial charge in [-0.1, -0.05) is 24.3 Å². The Morgan fingerprint density at radius 3 is 2.14 bits per heavy atom. The summed E-state index contributed by atoms with van der Waals surface area (Å²) < 4.78 is 5.98. The molecule has 0 amide bonds. The van der Waals surface area contributed by atoms with E-state index in [2.05, 4.69) is 69.4 Å². The van der Waals surface area contributed by atoms with Crippen molar-refractivity contribution in [1.29, 1.82) is 0 Å². The van der Waals surface area contributed by atoms with Gasteiger partial charge in [0.25, 0.3) is 0 Å². The van der Waals surface area contributed by atoms with Crippen LogP contribution in [-0.2, 0) is 0 Å². The van der Waals surface area contributed by atoms with Crippen LogP contribution < -0.4 is 10.1 Å². The van der Waals surface area contributed by atoms with Gasteiger partial charge in [0.15, 0.2) is 0 Å². The van der Waals surface area contributed by atoms with E-state index in [-0.39, 0.29) is 6.04 Å². The third-order valence-electron chi connectivity index (χ3n) is 3.89. The second-order valence-corrected chi connectivity index (χ2v) is 5.82. The molecule has 0 heterocycles. The van der Waals surface area contributed by atoms with Gasteiger partial charge in [-0.05, 0) is 74.7 Å². The Morgan fingerprint density at radius 1 is 0.905 bits per heavy atom. The molecule has 2 heteroatoms. The Hall–Kier alpha value is -1.80. The van der Waals surface area contributed by atoms with Crippen molar-refractivity contribution < 1.29 is 4.74 Å². The fourth-order valence-electron chi connectivity index (χ4n) is 2.52. The smallest absolute Gasteiger partial charge is 0.119 e. The number of ether oxygens (including phenoxy) is 1. The molecule has 1 N–H and O–H groups in total. The van der Waals surface area contributed by atoms with Crippen LogP contribution in [0.3, 0.4) is 0 Å². The second-order valence-electron chi connectivity index (χ2n) is 5.82. The highest BCUT2D eigenvalue weighted by molar-refractivity contribution is 5.34. The number of aryl methyl sites for hydroxylation is 4. The van der Waals surface area contributed by atoms with Gasteiger partial charge in [0.1, 0.15) is 12.4 Å². The van der Waals surface area contributed by atoms with Crippen LogP contribution in [0.15, 0.2) is 36.4 Å². The molecule has 2 aromatic rings. The molecule has 0 aliphatic rings. The lowest BCUT2D eigenvalue weighted by Gasteiger charge is -2.19. The SMILES string of the molecule is CNC(COc1cc(C)cc(C)c1)c1ccc(C)c(C)c1. The number of rotatable bonds is 5. The Labute approximate surface area is 128 Å². The van der Waals surface area contributed by atoms with E-state index in [1.54, 1.807) is 0 Å². The molecule has 0 bridgehead atoms. The molecule has 1 unspecified atom stereocenters. The summed E-state index contributed by atoms with van der Waals surface area (Å²) in [6.45, 7) is 9.11. The van der Waals surface area contributed by atoms with Crippen molar-refractivity contribution in [2.75, 3.05) is 13.7 Å². The average Bonchev–Trinajstić information content (AvgIpc) is 2.42. The molecular weight excluding hydrogens is 258 g/mol. The van der Waals surface area contributed by atoms with Crippen LogP contribution in [0.25, 0.3) is 0 Å². The van der Waals surface area contributed by atoms with Crippen LogP contribution in [-0.4, -0.2) is 13.7 Å². The maximum absolute atomic E-state index is 5.98. The quantitative estimate of drug-likeness (QED) is 0.885. The Morgan fingerprint density at radius 2 is 1.57 bits per heavy atom. The lowest BCUT2D eigenvalue weighted by Crippen LogP contribution is -2.23. The van der Waals surface area contributed by atoms with Crippen molar-refractivity contribution in [3.63, 3.8) is 0 Å². The predicted molar refractivity (Wildman–Crippen MR) is 89.1 cm³/mol. The van der Waals surface area contributed by atoms with Crippen LogP contribution >= 0.6 is 0 Å². The van der Waals surface area contributed by atoms with E-state index in [0.717, 1.165) is 5.75 Å². The monoisotopic (exact) mass is 283 g/mol. The molecule has 2 nitrogen and oxygen atoms in total. The van der Waals surface area contributed by atoms with Gasteiger partial charge in [-0.25, -0.2) is 0 Å². The van der Waals surface area contributed by atoms with Crippen LogP contribution in [0.1, 0.15) is 33.9 Å². The molecule has 0 aromatic heterocycles. The Kier molecular flexibility index (Phi) is 5.03. The summed E-state index contributed by atoms with van der Waals surface area (Å²) in [5.41, 5.74) is 6.38. The zero-order chi connectivity index (χ0) is 15.4. The number of likely N-dealkylation sites (N-methyl/N-ethyl adjacent to an activating group) is 1. The van der Waals surface area contributed by atoms with E-state index in [4.69, 9.17) is 4.74 Å². The van der Waals surface area contributed by atoms with Gasteiger partial charge in [-0.15, -0.1) is 0 Å². The van der Waals surface area contributed by atoms with E-state index in [1.165, 1.54) is 27.8 Å². The normalized spacial score (nSPS) is 12.2. The Bertz CT molecular complexity index is 599. The van der Waals surface area contributed by atoms with Gasteiger partial charge in [-0.3, -0.25) is 0 Å². The fourth-order valence-corrected chi connectivity index (χ4v) is 2.52. The van der Waals surface area contributed by atoms with Crippen molar-refractivity contribution in [3.05, 3.63) is 64.2 Å². The maximum atomic E-state index is 5.98. The highest BCUT2D eigenvalue weighted by Gasteiger charge is 2.11. The third-order valence-corrected chi connectivity index (χ3v) is 3.89. The maximum Gasteiger partial charge on any atom is 0.119 e. The van der Waals surface area contributed by atoms with E-state index in [9.17, 15) is 0 Å². The van der Waals surface area contributed by atoms with Gasteiger partial charge in [-0.2, -0.15) is 0 Å². The van der Waals surface area contributed by atoms with E-state index < -0.39 is 0 Å². The molecule has 0 aliphatic heterocycles. The van der Waals surface area contributed by atoms with Crippen LogP contribution in [0.5, 0.6) is 5.75 Å². The number of hydrogen-bond acceptors (Lipinski definition) is 2. The van der Waals surface area contributed by atoms with Crippen molar-refractivity contribution in [3.8, 4) is 5.75 Å². The molecule has 0 spiro atoms. The standard InChI is InChI=1S/C19H25NO/c1-13-8-14(2)10-18(9-13)21-12-19(20-5)17-7-6-15(3)16(4)11-17/h6-11,19-20H,12H2,1-5H3. The summed E-state index contributed by atoms with van der Waals surface area (Å²) in [5, 5.41) is 3.34. The van der Waals surface area contributed by atoms with Crippen LogP contribution in [0.4, 0.5) is 0 Å². The van der Waals surface area contributed by atoms with E-state index >= 15 is 0 Å². The molecule has 2 rings (SSSR count). The van der Waals surface area contributed by atoms with Crippen molar-refractivity contribution in [2.24, 2.45) is 0 Å². The van der Waals surface area contributed by atoms with Crippen LogP contribution in [0, 0.1) is 27.7 Å². The average molecular weight is 283 g/mol. The molecule has 0 saturated heterocycles. The number of nitrogens with one attached hydrogen (secondary N) is 1. The zero-order valence-electron chi connectivity index (χ0n) is 13.7. The highest BCUT2D eigenvalue weighted by Crippen LogP contribution is 2.21. The molecule has 0 radical (unpaired) electrons. The topological polar surface area (TPSA) is 21.3 Å². The summed E-state index contributed by atoms with van der Waals surface area (Å²) in [5.74, 6) is 0.941. The first-order valence-electron chi connectivity index (χ1n) is 7.45. The molecule has 0 aliphatic carbocycles. The minimum Gasteiger partial charge on any atom is -0.492 e. The van der Waals surface area contributed by atoms with Crippen molar-refractivity contribution in [2.45, 2.75) is 33.7 Å². The van der Waals surface area contributed by atoms with Gasteiger partial charge in [0, 0.05) is 0 Å². The lowest BCUT2D eigenvalue weighted by atomic mass is 10.0. The summed E-state index contributed by atoms with van der Waals surface area (Å²) in [6, 6.07) is 13.1. The first-order valence-corrected chi connectivity index (χ1v) is 7.45. The first-order chi connectivity index (χ1) is 9.99. The second kappa shape index (κ2) is 6.77. The summed E-state index contributed by atoms with van der Waals surface area (Å²) >= 11 is 0. The molecule has 21 heavy (non-hydrogen) atoms. The van der Waals surface area contributed by atoms with E-state index in [1.807, 2.05) is 7.05 Å². The molecule has 112 valence electrons. The molecule has 1 atom stereocenters. The van der Waals surface area contributed by atoms with Crippen molar-refractivity contribution in [1.82, 2.24) is 5.32 Å². The van der Waals surface area contributed by atoms with Gasteiger partial charge >= 0.3 is 0 Å². The largest absolute Gasteiger partial charge is 0.492 e. The van der Waals surface area contributed by atoms with E-state index in [0.29, 0.717) is 6.61 Å². The molecular formula is C19H25NO. The predicted octanol–water partition coefficient (Wildman–Crippen LogP) is 4.26. The van der Waals surface area contributed by atoms with Crippen LogP contribution in [0.2, 0.25) is 0 Å². The zero-order valence-corrected chi connectivity index (χ0v) is 13.7. The minimum absolute atomic E-state index is 0.199. The van der Waals surface area contributed by atoms with Gasteiger partial charge in [0.05, 0.1) is 6.04 Å².